The van der Waals surface area contributed by atoms with Crippen molar-refractivity contribution in [3.63, 3.8) is 0 Å². The van der Waals surface area contributed by atoms with Crippen LogP contribution in [0.25, 0.3) is 11.5 Å². The second kappa shape index (κ2) is 5.49. The van der Waals surface area contributed by atoms with Crippen molar-refractivity contribution >= 4 is 0 Å². The highest BCUT2D eigenvalue weighted by atomic mass is 16.5. The standard InChI is InChI=1S/C15H19N3O4/c1-19-10-7-9(8-11(20-2)12(10)21-3)13-17-14(18-22-13)15(16)5-4-6-15/h7-8H,4-6,16H2,1-3H3. The summed E-state index contributed by atoms with van der Waals surface area (Å²) in [5, 5.41) is 4.02. The van der Waals surface area contributed by atoms with Gasteiger partial charge in [-0.3, -0.25) is 0 Å². The number of nitrogens with zero attached hydrogens (tertiary/aromatic N) is 2. The van der Waals surface area contributed by atoms with Gasteiger partial charge in [-0.05, 0) is 31.4 Å². The van der Waals surface area contributed by atoms with Gasteiger partial charge in [0, 0.05) is 5.56 Å². The number of nitrogens with two attached hydrogens (primary N) is 1. The van der Waals surface area contributed by atoms with Gasteiger partial charge in [-0.25, -0.2) is 0 Å². The van der Waals surface area contributed by atoms with Crippen LogP contribution in [0.1, 0.15) is 25.1 Å². The smallest absolute Gasteiger partial charge is 0.258 e. The summed E-state index contributed by atoms with van der Waals surface area (Å²) >= 11 is 0. The molecule has 3 rings (SSSR count). The van der Waals surface area contributed by atoms with E-state index in [0.717, 1.165) is 19.3 Å². The predicted octanol–water partition coefficient (Wildman–Crippen LogP) is 2.10. The lowest BCUT2D eigenvalue weighted by Crippen LogP contribution is -2.44. The summed E-state index contributed by atoms with van der Waals surface area (Å²) in [6.07, 6.45) is 2.84. The normalized spacial score (nSPS) is 16.0. The van der Waals surface area contributed by atoms with Gasteiger partial charge in [-0.15, -0.1) is 0 Å². The molecule has 7 nitrogen and oxygen atoms in total. The maximum Gasteiger partial charge on any atom is 0.258 e. The second-order valence-corrected chi connectivity index (χ2v) is 5.35. The molecule has 0 unspecified atom stereocenters. The monoisotopic (exact) mass is 305 g/mol. The van der Waals surface area contributed by atoms with Crippen molar-refractivity contribution in [3.8, 4) is 28.7 Å². The molecule has 0 spiro atoms. The number of rotatable bonds is 5. The van der Waals surface area contributed by atoms with Crippen molar-refractivity contribution < 1.29 is 18.7 Å². The van der Waals surface area contributed by atoms with Gasteiger partial charge in [-0.2, -0.15) is 4.98 Å². The van der Waals surface area contributed by atoms with Crippen LogP contribution in [0.4, 0.5) is 0 Å². The molecule has 0 saturated heterocycles. The SMILES string of the molecule is COc1cc(-c2nc(C3(N)CCC3)no2)cc(OC)c1OC. The Hall–Kier alpha value is -2.28. The van der Waals surface area contributed by atoms with Crippen molar-refractivity contribution in [2.75, 3.05) is 21.3 Å². The zero-order chi connectivity index (χ0) is 15.7. The fraction of sp³-hybridized carbons (Fsp3) is 0.467. The van der Waals surface area contributed by atoms with Crippen molar-refractivity contribution in [3.05, 3.63) is 18.0 Å². The fourth-order valence-electron chi connectivity index (χ4n) is 2.53. The Balaban J connectivity index is 2.01. The van der Waals surface area contributed by atoms with Gasteiger partial charge in [0.2, 0.25) is 5.75 Å². The van der Waals surface area contributed by atoms with Gasteiger partial charge in [0.05, 0.1) is 26.9 Å². The van der Waals surface area contributed by atoms with E-state index in [0.29, 0.717) is 34.5 Å². The summed E-state index contributed by atoms with van der Waals surface area (Å²) in [7, 11) is 4.67. The minimum Gasteiger partial charge on any atom is -0.493 e. The highest BCUT2D eigenvalue weighted by molar-refractivity contribution is 5.65. The molecule has 2 aromatic rings. The maximum absolute atomic E-state index is 6.22. The average Bonchev–Trinajstić information content (AvgIpc) is 3.01. The van der Waals surface area contributed by atoms with E-state index in [-0.39, 0.29) is 0 Å². The van der Waals surface area contributed by atoms with Crippen molar-refractivity contribution in [1.29, 1.82) is 0 Å². The van der Waals surface area contributed by atoms with E-state index in [9.17, 15) is 0 Å². The first-order chi connectivity index (χ1) is 10.6. The van der Waals surface area contributed by atoms with Crippen LogP contribution < -0.4 is 19.9 Å². The van der Waals surface area contributed by atoms with Gasteiger partial charge in [0.25, 0.3) is 5.89 Å². The molecule has 0 amide bonds. The minimum absolute atomic E-state index is 0.381. The fourth-order valence-corrected chi connectivity index (χ4v) is 2.53. The Morgan fingerprint density at radius 3 is 2.18 bits per heavy atom. The molecule has 118 valence electrons. The minimum atomic E-state index is -0.456. The zero-order valence-electron chi connectivity index (χ0n) is 12.9. The number of ether oxygens (including phenoxy) is 3. The van der Waals surface area contributed by atoms with Crippen LogP contribution in [0.5, 0.6) is 17.2 Å². The van der Waals surface area contributed by atoms with Crippen LogP contribution >= 0.6 is 0 Å². The molecule has 0 bridgehead atoms. The lowest BCUT2D eigenvalue weighted by atomic mass is 9.77. The van der Waals surface area contributed by atoms with Gasteiger partial charge in [0.1, 0.15) is 0 Å². The average molecular weight is 305 g/mol. The van der Waals surface area contributed by atoms with Crippen LogP contribution in [0.2, 0.25) is 0 Å². The van der Waals surface area contributed by atoms with E-state index in [1.807, 2.05) is 0 Å². The third-order valence-corrected chi connectivity index (χ3v) is 4.03. The van der Waals surface area contributed by atoms with Crippen LogP contribution in [0.15, 0.2) is 16.7 Å². The molecular weight excluding hydrogens is 286 g/mol. The number of methoxy groups -OCH3 is 3. The van der Waals surface area contributed by atoms with Crippen LogP contribution in [0.3, 0.4) is 0 Å². The Morgan fingerprint density at radius 2 is 1.73 bits per heavy atom. The van der Waals surface area contributed by atoms with E-state index in [1.54, 1.807) is 33.5 Å². The molecule has 1 fully saturated rings. The molecule has 1 saturated carbocycles. The molecule has 1 heterocycles. The van der Waals surface area contributed by atoms with Crippen LogP contribution in [0, 0.1) is 0 Å². The van der Waals surface area contributed by atoms with Gasteiger partial charge >= 0.3 is 0 Å². The molecule has 2 N–H and O–H groups in total. The number of aromatic nitrogens is 2. The number of benzene rings is 1. The Kier molecular flexibility index (Phi) is 3.66. The first-order valence-corrected chi connectivity index (χ1v) is 7.05. The van der Waals surface area contributed by atoms with E-state index in [1.165, 1.54) is 0 Å². The van der Waals surface area contributed by atoms with E-state index in [4.69, 9.17) is 24.5 Å². The summed E-state index contributed by atoms with van der Waals surface area (Å²) < 4.78 is 21.3. The van der Waals surface area contributed by atoms with Gasteiger partial charge in [0.15, 0.2) is 17.3 Å². The number of hydrogen-bond acceptors (Lipinski definition) is 7. The molecule has 0 atom stereocenters. The molecular formula is C15H19N3O4. The zero-order valence-corrected chi connectivity index (χ0v) is 12.9. The highest BCUT2D eigenvalue weighted by Crippen LogP contribution is 2.42. The largest absolute Gasteiger partial charge is 0.493 e. The summed E-state index contributed by atoms with van der Waals surface area (Å²) in [5.74, 6) is 2.50. The molecule has 0 radical (unpaired) electrons. The van der Waals surface area contributed by atoms with Gasteiger partial charge in [-0.1, -0.05) is 5.16 Å². The second-order valence-electron chi connectivity index (χ2n) is 5.35. The molecule has 1 aromatic carbocycles. The summed E-state index contributed by atoms with van der Waals surface area (Å²) in [6, 6.07) is 3.53. The lowest BCUT2D eigenvalue weighted by molar-refractivity contribution is 0.229. The molecule has 22 heavy (non-hydrogen) atoms. The molecule has 7 heteroatoms. The topological polar surface area (TPSA) is 92.6 Å². The molecule has 1 aliphatic rings. The van der Waals surface area contributed by atoms with Crippen molar-refractivity contribution in [2.24, 2.45) is 5.73 Å². The first-order valence-electron chi connectivity index (χ1n) is 7.05. The van der Waals surface area contributed by atoms with Crippen LogP contribution in [-0.2, 0) is 5.54 Å². The third kappa shape index (κ3) is 2.27. The maximum atomic E-state index is 6.22. The lowest BCUT2D eigenvalue weighted by Gasteiger charge is -2.34. The quantitative estimate of drug-likeness (QED) is 0.904. The highest BCUT2D eigenvalue weighted by Gasteiger charge is 2.39. The Morgan fingerprint density at radius 1 is 1.09 bits per heavy atom. The summed E-state index contributed by atoms with van der Waals surface area (Å²) in [5.41, 5.74) is 6.45. The summed E-state index contributed by atoms with van der Waals surface area (Å²) in [4.78, 5) is 4.43. The summed E-state index contributed by atoms with van der Waals surface area (Å²) in [6.45, 7) is 0. The number of hydrogen-bond donors (Lipinski definition) is 1. The Labute approximate surface area is 128 Å². The first kappa shape index (κ1) is 14.6. The van der Waals surface area contributed by atoms with Crippen LogP contribution in [-0.4, -0.2) is 31.5 Å². The molecule has 1 aromatic heterocycles. The molecule has 0 aliphatic heterocycles. The van der Waals surface area contributed by atoms with E-state index < -0.39 is 5.54 Å². The third-order valence-electron chi connectivity index (χ3n) is 4.03. The van der Waals surface area contributed by atoms with Gasteiger partial charge < -0.3 is 24.5 Å². The Bertz CT molecular complexity index is 654. The van der Waals surface area contributed by atoms with Crippen molar-refractivity contribution in [2.45, 2.75) is 24.8 Å². The van der Waals surface area contributed by atoms with Crippen molar-refractivity contribution in [1.82, 2.24) is 10.1 Å². The van der Waals surface area contributed by atoms with E-state index in [2.05, 4.69) is 10.1 Å². The predicted molar refractivity (Wildman–Crippen MR) is 79.1 cm³/mol. The molecule has 1 aliphatic carbocycles. The van der Waals surface area contributed by atoms with E-state index >= 15 is 0 Å².